The molecule has 1 aliphatic carbocycles. The quantitative estimate of drug-likeness (QED) is 0.834. The van der Waals surface area contributed by atoms with Gasteiger partial charge in [0.25, 0.3) is 0 Å². The summed E-state index contributed by atoms with van der Waals surface area (Å²) in [6.45, 7) is 1.54. The molecule has 5 nitrogen and oxygen atoms in total. The molecule has 1 saturated carbocycles. The predicted octanol–water partition coefficient (Wildman–Crippen LogP) is 1.86. The van der Waals surface area contributed by atoms with Crippen LogP contribution >= 0.6 is 0 Å². The number of rotatable bonds is 7. The number of hydrogen-bond donors (Lipinski definition) is 1. The first-order valence-corrected chi connectivity index (χ1v) is 7.82. The minimum Gasteiger partial charge on any atom is -0.467 e. The van der Waals surface area contributed by atoms with Gasteiger partial charge >= 0.3 is 0 Å². The molecule has 2 rings (SSSR count). The van der Waals surface area contributed by atoms with Crippen LogP contribution in [0, 0.1) is 0 Å². The van der Waals surface area contributed by atoms with Gasteiger partial charge in [-0.25, -0.2) is 0 Å². The standard InChI is InChI=1S/C16H26N2O3/c1-17(12-15-8-5-11-21-15)16(20)13-18(9-10-19)14-6-3-2-4-7-14/h5,8,11,14,19H,2-4,6-7,9-10,12-13H2,1H3. The van der Waals surface area contributed by atoms with Crippen molar-refractivity contribution in [2.24, 2.45) is 0 Å². The molecule has 1 fully saturated rings. The molecule has 5 heteroatoms. The molecule has 1 N–H and O–H groups in total. The van der Waals surface area contributed by atoms with Gasteiger partial charge in [-0.05, 0) is 25.0 Å². The van der Waals surface area contributed by atoms with Gasteiger partial charge in [-0.15, -0.1) is 0 Å². The zero-order chi connectivity index (χ0) is 15.1. The summed E-state index contributed by atoms with van der Waals surface area (Å²) in [5, 5.41) is 9.24. The third-order valence-electron chi connectivity index (χ3n) is 4.22. The van der Waals surface area contributed by atoms with Crippen molar-refractivity contribution in [2.75, 3.05) is 26.7 Å². The highest BCUT2D eigenvalue weighted by molar-refractivity contribution is 5.78. The normalized spacial score (nSPS) is 16.3. The first-order chi connectivity index (χ1) is 10.2. The van der Waals surface area contributed by atoms with Crippen LogP contribution in [-0.4, -0.2) is 53.6 Å². The first kappa shape index (κ1) is 16.0. The van der Waals surface area contributed by atoms with Crippen LogP contribution in [0.2, 0.25) is 0 Å². The first-order valence-electron chi connectivity index (χ1n) is 7.82. The van der Waals surface area contributed by atoms with E-state index in [1.54, 1.807) is 18.2 Å². The summed E-state index contributed by atoms with van der Waals surface area (Å²) in [7, 11) is 1.79. The summed E-state index contributed by atoms with van der Waals surface area (Å²) >= 11 is 0. The predicted molar refractivity (Wildman–Crippen MR) is 80.7 cm³/mol. The number of amides is 1. The average Bonchev–Trinajstić information content (AvgIpc) is 3.00. The Morgan fingerprint density at radius 3 is 2.76 bits per heavy atom. The number of carbonyl (C=O) groups excluding carboxylic acids is 1. The van der Waals surface area contributed by atoms with Crippen LogP contribution in [0.15, 0.2) is 22.8 Å². The van der Waals surface area contributed by atoms with E-state index in [1.165, 1.54) is 19.3 Å². The summed E-state index contributed by atoms with van der Waals surface area (Å²) in [5.74, 6) is 0.864. The second-order valence-corrected chi connectivity index (χ2v) is 5.82. The highest BCUT2D eigenvalue weighted by Crippen LogP contribution is 2.22. The topological polar surface area (TPSA) is 56.9 Å². The third-order valence-corrected chi connectivity index (χ3v) is 4.22. The zero-order valence-corrected chi connectivity index (χ0v) is 12.8. The van der Waals surface area contributed by atoms with Gasteiger partial charge in [0.15, 0.2) is 0 Å². The zero-order valence-electron chi connectivity index (χ0n) is 12.8. The number of aliphatic hydroxyl groups is 1. The van der Waals surface area contributed by atoms with E-state index >= 15 is 0 Å². The maximum absolute atomic E-state index is 12.4. The van der Waals surface area contributed by atoms with E-state index in [2.05, 4.69) is 4.90 Å². The second kappa shape index (κ2) is 8.20. The smallest absolute Gasteiger partial charge is 0.236 e. The summed E-state index contributed by atoms with van der Waals surface area (Å²) < 4.78 is 5.28. The fourth-order valence-corrected chi connectivity index (χ4v) is 2.98. The van der Waals surface area contributed by atoms with Crippen LogP contribution in [0.25, 0.3) is 0 Å². The Balaban J connectivity index is 1.87. The fourth-order valence-electron chi connectivity index (χ4n) is 2.98. The number of carbonyl (C=O) groups is 1. The Morgan fingerprint density at radius 1 is 1.38 bits per heavy atom. The van der Waals surface area contributed by atoms with Crippen molar-refractivity contribution in [3.8, 4) is 0 Å². The highest BCUT2D eigenvalue weighted by atomic mass is 16.3. The van der Waals surface area contributed by atoms with E-state index < -0.39 is 0 Å². The Bertz CT molecular complexity index is 413. The minimum atomic E-state index is 0.0745. The molecule has 1 amide bonds. The SMILES string of the molecule is CN(Cc1ccco1)C(=O)CN(CCO)C1CCCCC1. The van der Waals surface area contributed by atoms with Crippen molar-refractivity contribution < 1.29 is 14.3 Å². The van der Waals surface area contributed by atoms with Crippen LogP contribution in [-0.2, 0) is 11.3 Å². The molecular weight excluding hydrogens is 268 g/mol. The maximum atomic E-state index is 12.4. The molecule has 0 spiro atoms. The summed E-state index contributed by atoms with van der Waals surface area (Å²) in [4.78, 5) is 16.2. The fraction of sp³-hybridized carbons (Fsp3) is 0.688. The molecule has 1 heterocycles. The molecule has 1 aromatic heterocycles. The van der Waals surface area contributed by atoms with E-state index in [9.17, 15) is 9.90 Å². The molecule has 0 saturated heterocycles. The van der Waals surface area contributed by atoms with Crippen molar-refractivity contribution in [3.05, 3.63) is 24.2 Å². The van der Waals surface area contributed by atoms with E-state index in [0.717, 1.165) is 18.6 Å². The number of furan rings is 1. The lowest BCUT2D eigenvalue weighted by molar-refractivity contribution is -0.132. The molecule has 0 bridgehead atoms. The lowest BCUT2D eigenvalue weighted by Crippen LogP contribution is -2.45. The molecular formula is C16H26N2O3. The maximum Gasteiger partial charge on any atom is 0.236 e. The van der Waals surface area contributed by atoms with Crippen LogP contribution in [0.5, 0.6) is 0 Å². The van der Waals surface area contributed by atoms with Crippen molar-refractivity contribution in [2.45, 2.75) is 44.7 Å². The third kappa shape index (κ3) is 4.86. The van der Waals surface area contributed by atoms with Crippen molar-refractivity contribution >= 4 is 5.91 Å². The molecule has 1 aromatic rings. The van der Waals surface area contributed by atoms with Crippen LogP contribution < -0.4 is 0 Å². The molecule has 0 aromatic carbocycles. The number of likely N-dealkylation sites (N-methyl/N-ethyl adjacent to an activating group) is 1. The highest BCUT2D eigenvalue weighted by Gasteiger charge is 2.24. The summed E-state index contributed by atoms with van der Waals surface area (Å²) in [6, 6.07) is 4.14. The Morgan fingerprint density at radius 2 is 2.14 bits per heavy atom. The summed E-state index contributed by atoms with van der Waals surface area (Å²) in [6.07, 6.45) is 7.62. The minimum absolute atomic E-state index is 0.0745. The Labute approximate surface area is 126 Å². The van der Waals surface area contributed by atoms with Gasteiger partial charge in [0.05, 0.1) is 26.0 Å². The lowest BCUT2D eigenvalue weighted by atomic mass is 9.94. The van der Waals surface area contributed by atoms with Gasteiger partial charge in [-0.3, -0.25) is 9.69 Å². The van der Waals surface area contributed by atoms with Gasteiger partial charge in [-0.1, -0.05) is 19.3 Å². The van der Waals surface area contributed by atoms with E-state index in [1.807, 2.05) is 12.1 Å². The lowest BCUT2D eigenvalue weighted by Gasteiger charge is -2.34. The van der Waals surface area contributed by atoms with Crippen LogP contribution in [0.3, 0.4) is 0 Å². The van der Waals surface area contributed by atoms with Crippen molar-refractivity contribution in [1.82, 2.24) is 9.80 Å². The van der Waals surface area contributed by atoms with Gasteiger partial charge in [0, 0.05) is 19.6 Å². The van der Waals surface area contributed by atoms with Crippen LogP contribution in [0.1, 0.15) is 37.9 Å². The van der Waals surface area contributed by atoms with Crippen molar-refractivity contribution in [1.29, 1.82) is 0 Å². The summed E-state index contributed by atoms with van der Waals surface area (Å²) in [5.41, 5.74) is 0. The van der Waals surface area contributed by atoms with Crippen molar-refractivity contribution in [3.63, 3.8) is 0 Å². The molecule has 0 aliphatic heterocycles. The largest absolute Gasteiger partial charge is 0.467 e. The molecule has 0 unspecified atom stereocenters. The molecule has 1 aliphatic rings. The Hall–Kier alpha value is -1.33. The molecule has 0 atom stereocenters. The van der Waals surface area contributed by atoms with Crippen LogP contribution in [0.4, 0.5) is 0 Å². The van der Waals surface area contributed by atoms with Gasteiger partial charge in [-0.2, -0.15) is 0 Å². The number of nitrogens with zero attached hydrogens (tertiary/aromatic N) is 2. The number of aliphatic hydroxyl groups excluding tert-OH is 1. The van der Waals surface area contributed by atoms with Gasteiger partial charge in [0.1, 0.15) is 5.76 Å². The molecule has 118 valence electrons. The number of hydrogen-bond acceptors (Lipinski definition) is 4. The van der Waals surface area contributed by atoms with E-state index in [4.69, 9.17) is 4.42 Å². The van der Waals surface area contributed by atoms with E-state index in [0.29, 0.717) is 25.7 Å². The van der Waals surface area contributed by atoms with Gasteiger partial charge in [0.2, 0.25) is 5.91 Å². The molecule has 21 heavy (non-hydrogen) atoms. The van der Waals surface area contributed by atoms with Gasteiger partial charge < -0.3 is 14.4 Å². The average molecular weight is 294 g/mol. The Kier molecular flexibility index (Phi) is 6.26. The molecule has 0 radical (unpaired) electrons. The second-order valence-electron chi connectivity index (χ2n) is 5.82. The van der Waals surface area contributed by atoms with E-state index in [-0.39, 0.29) is 12.5 Å². The monoisotopic (exact) mass is 294 g/mol.